The van der Waals surface area contributed by atoms with Crippen molar-refractivity contribution in [2.75, 3.05) is 13.6 Å². The second kappa shape index (κ2) is 5.26. The Labute approximate surface area is 111 Å². The van der Waals surface area contributed by atoms with E-state index in [9.17, 15) is 9.59 Å². The SMILES string of the molecule is CN(Cc1ccccn1)C(=O)NCC1(C(=O)O)CC1. The molecule has 1 heterocycles. The van der Waals surface area contributed by atoms with Crippen LogP contribution in [0.15, 0.2) is 24.4 Å². The van der Waals surface area contributed by atoms with Gasteiger partial charge in [0.2, 0.25) is 0 Å². The van der Waals surface area contributed by atoms with Gasteiger partial charge in [0, 0.05) is 19.8 Å². The molecule has 0 atom stereocenters. The van der Waals surface area contributed by atoms with E-state index in [4.69, 9.17) is 5.11 Å². The summed E-state index contributed by atoms with van der Waals surface area (Å²) in [7, 11) is 1.66. The number of rotatable bonds is 5. The number of carbonyl (C=O) groups excluding carboxylic acids is 1. The van der Waals surface area contributed by atoms with Crippen LogP contribution in [0.1, 0.15) is 18.5 Å². The van der Waals surface area contributed by atoms with Gasteiger partial charge in [-0.2, -0.15) is 0 Å². The van der Waals surface area contributed by atoms with E-state index in [1.807, 2.05) is 18.2 Å². The van der Waals surface area contributed by atoms with Crippen LogP contribution < -0.4 is 5.32 Å². The van der Waals surface area contributed by atoms with Gasteiger partial charge in [-0.1, -0.05) is 6.07 Å². The second-order valence-electron chi connectivity index (χ2n) is 4.92. The molecule has 102 valence electrons. The van der Waals surface area contributed by atoms with E-state index in [2.05, 4.69) is 10.3 Å². The maximum Gasteiger partial charge on any atom is 0.317 e. The van der Waals surface area contributed by atoms with Gasteiger partial charge in [-0.05, 0) is 25.0 Å². The Morgan fingerprint density at radius 3 is 2.74 bits per heavy atom. The van der Waals surface area contributed by atoms with E-state index in [1.165, 1.54) is 4.90 Å². The van der Waals surface area contributed by atoms with Crippen molar-refractivity contribution < 1.29 is 14.7 Å². The Balaban J connectivity index is 1.82. The van der Waals surface area contributed by atoms with Crippen molar-refractivity contribution >= 4 is 12.0 Å². The summed E-state index contributed by atoms with van der Waals surface area (Å²) < 4.78 is 0. The quantitative estimate of drug-likeness (QED) is 0.833. The Kier molecular flexibility index (Phi) is 3.69. The summed E-state index contributed by atoms with van der Waals surface area (Å²) in [6, 6.07) is 5.23. The highest BCUT2D eigenvalue weighted by molar-refractivity contribution is 5.80. The molecule has 1 saturated carbocycles. The number of hydrogen-bond acceptors (Lipinski definition) is 3. The molecule has 19 heavy (non-hydrogen) atoms. The van der Waals surface area contributed by atoms with Crippen LogP contribution in [-0.4, -0.2) is 40.6 Å². The average Bonchev–Trinajstić information content (AvgIpc) is 3.18. The summed E-state index contributed by atoms with van der Waals surface area (Å²) >= 11 is 0. The zero-order chi connectivity index (χ0) is 13.9. The molecule has 0 aromatic carbocycles. The molecule has 0 spiro atoms. The van der Waals surface area contributed by atoms with E-state index < -0.39 is 11.4 Å². The molecule has 0 radical (unpaired) electrons. The summed E-state index contributed by atoms with van der Waals surface area (Å²) in [6.45, 7) is 0.584. The number of pyridine rings is 1. The molecule has 1 aromatic rings. The highest BCUT2D eigenvalue weighted by Crippen LogP contribution is 2.45. The minimum absolute atomic E-state index is 0.188. The number of carbonyl (C=O) groups is 2. The zero-order valence-corrected chi connectivity index (χ0v) is 10.8. The first-order chi connectivity index (χ1) is 9.03. The van der Waals surface area contributed by atoms with Gasteiger partial charge in [-0.15, -0.1) is 0 Å². The fourth-order valence-electron chi connectivity index (χ4n) is 1.80. The molecular weight excluding hydrogens is 246 g/mol. The molecule has 2 amide bonds. The molecule has 2 rings (SSSR count). The van der Waals surface area contributed by atoms with Crippen molar-refractivity contribution in [1.82, 2.24) is 15.2 Å². The zero-order valence-electron chi connectivity index (χ0n) is 10.8. The monoisotopic (exact) mass is 263 g/mol. The number of urea groups is 1. The third-order valence-corrected chi connectivity index (χ3v) is 3.36. The Hall–Kier alpha value is -2.11. The number of carboxylic acid groups (broad SMARTS) is 1. The summed E-state index contributed by atoms with van der Waals surface area (Å²) in [4.78, 5) is 28.4. The maximum absolute atomic E-state index is 11.8. The predicted octanol–water partition coefficient (Wildman–Crippen LogP) is 1.09. The molecule has 6 nitrogen and oxygen atoms in total. The number of carboxylic acids is 1. The molecule has 1 aromatic heterocycles. The molecule has 0 saturated heterocycles. The van der Waals surface area contributed by atoms with Gasteiger partial charge in [0.05, 0.1) is 17.7 Å². The summed E-state index contributed by atoms with van der Waals surface area (Å²) in [6.07, 6.45) is 2.93. The number of nitrogens with one attached hydrogen (secondary N) is 1. The summed E-state index contributed by atoms with van der Waals surface area (Å²) in [5.74, 6) is -0.833. The molecule has 6 heteroatoms. The minimum atomic E-state index is -0.833. The fraction of sp³-hybridized carbons (Fsp3) is 0.462. The van der Waals surface area contributed by atoms with Gasteiger partial charge >= 0.3 is 12.0 Å². The summed E-state index contributed by atoms with van der Waals surface area (Å²) in [5, 5.41) is 11.7. The number of aliphatic carboxylic acids is 1. The number of aromatic nitrogens is 1. The van der Waals surface area contributed by atoms with Crippen LogP contribution in [0, 0.1) is 5.41 Å². The number of nitrogens with zero attached hydrogens (tertiary/aromatic N) is 2. The number of amides is 2. The standard InChI is InChI=1S/C13H17N3O3/c1-16(8-10-4-2-3-7-14-10)12(19)15-9-13(5-6-13)11(17)18/h2-4,7H,5-6,8-9H2,1H3,(H,15,19)(H,17,18). The lowest BCUT2D eigenvalue weighted by Crippen LogP contribution is -2.41. The lowest BCUT2D eigenvalue weighted by molar-refractivity contribution is -0.143. The van der Waals surface area contributed by atoms with E-state index >= 15 is 0 Å². The van der Waals surface area contributed by atoms with E-state index in [-0.39, 0.29) is 12.6 Å². The average molecular weight is 263 g/mol. The first-order valence-electron chi connectivity index (χ1n) is 6.16. The Morgan fingerprint density at radius 2 is 2.21 bits per heavy atom. The molecule has 1 fully saturated rings. The van der Waals surface area contributed by atoms with Gasteiger partial charge in [-0.25, -0.2) is 4.79 Å². The van der Waals surface area contributed by atoms with Crippen LogP contribution in [-0.2, 0) is 11.3 Å². The van der Waals surface area contributed by atoms with Crippen molar-refractivity contribution in [3.8, 4) is 0 Å². The molecule has 0 aliphatic heterocycles. The molecular formula is C13H17N3O3. The van der Waals surface area contributed by atoms with E-state index in [0.717, 1.165) is 5.69 Å². The van der Waals surface area contributed by atoms with Gasteiger partial charge in [-0.3, -0.25) is 9.78 Å². The minimum Gasteiger partial charge on any atom is -0.481 e. The largest absolute Gasteiger partial charge is 0.481 e. The topological polar surface area (TPSA) is 82.5 Å². The van der Waals surface area contributed by atoms with Gasteiger partial charge < -0.3 is 15.3 Å². The summed E-state index contributed by atoms with van der Waals surface area (Å²) in [5.41, 5.74) is 0.0566. The van der Waals surface area contributed by atoms with E-state index in [1.54, 1.807) is 13.2 Å². The highest BCUT2D eigenvalue weighted by atomic mass is 16.4. The van der Waals surface area contributed by atoms with Crippen LogP contribution in [0.2, 0.25) is 0 Å². The molecule has 0 unspecified atom stereocenters. The van der Waals surface area contributed by atoms with Gasteiger partial charge in [0.1, 0.15) is 0 Å². The van der Waals surface area contributed by atoms with Crippen LogP contribution in [0.5, 0.6) is 0 Å². The molecule has 1 aliphatic carbocycles. The Bertz CT molecular complexity index is 471. The highest BCUT2D eigenvalue weighted by Gasteiger charge is 2.50. The molecule has 2 N–H and O–H groups in total. The lowest BCUT2D eigenvalue weighted by Gasteiger charge is -2.19. The van der Waals surface area contributed by atoms with Gasteiger partial charge in [0.25, 0.3) is 0 Å². The van der Waals surface area contributed by atoms with Crippen LogP contribution in [0.3, 0.4) is 0 Å². The van der Waals surface area contributed by atoms with Crippen LogP contribution in [0.25, 0.3) is 0 Å². The predicted molar refractivity (Wildman–Crippen MR) is 68.4 cm³/mol. The first kappa shape index (κ1) is 13.3. The third kappa shape index (κ3) is 3.21. The van der Waals surface area contributed by atoms with Crippen molar-refractivity contribution in [2.45, 2.75) is 19.4 Å². The molecule has 1 aliphatic rings. The number of hydrogen-bond donors (Lipinski definition) is 2. The third-order valence-electron chi connectivity index (χ3n) is 3.36. The van der Waals surface area contributed by atoms with Crippen molar-refractivity contribution in [1.29, 1.82) is 0 Å². The second-order valence-corrected chi connectivity index (χ2v) is 4.92. The normalized spacial score (nSPS) is 15.6. The van der Waals surface area contributed by atoms with Crippen LogP contribution >= 0.6 is 0 Å². The lowest BCUT2D eigenvalue weighted by atomic mass is 10.1. The van der Waals surface area contributed by atoms with Crippen molar-refractivity contribution in [2.24, 2.45) is 5.41 Å². The Morgan fingerprint density at radius 1 is 1.47 bits per heavy atom. The van der Waals surface area contributed by atoms with Gasteiger partial charge in [0.15, 0.2) is 0 Å². The fourth-order valence-corrected chi connectivity index (χ4v) is 1.80. The van der Waals surface area contributed by atoms with E-state index in [0.29, 0.717) is 19.4 Å². The smallest absolute Gasteiger partial charge is 0.317 e. The maximum atomic E-state index is 11.8. The van der Waals surface area contributed by atoms with Crippen molar-refractivity contribution in [3.05, 3.63) is 30.1 Å². The van der Waals surface area contributed by atoms with Crippen molar-refractivity contribution in [3.63, 3.8) is 0 Å². The molecule has 0 bridgehead atoms. The first-order valence-corrected chi connectivity index (χ1v) is 6.16. The van der Waals surface area contributed by atoms with Crippen LogP contribution in [0.4, 0.5) is 4.79 Å².